The van der Waals surface area contributed by atoms with Crippen molar-refractivity contribution in [1.82, 2.24) is 0 Å². The van der Waals surface area contributed by atoms with Gasteiger partial charge in [0.1, 0.15) is 0 Å². The predicted octanol–water partition coefficient (Wildman–Crippen LogP) is 5.26. The Morgan fingerprint density at radius 2 is 2.00 bits per heavy atom. The molecule has 2 heteroatoms. The quantitative estimate of drug-likeness (QED) is 0.733. The maximum Gasteiger partial charge on any atom is 0.0187 e. The van der Waals surface area contributed by atoms with Crippen molar-refractivity contribution in [2.75, 3.05) is 0 Å². The number of thioether (sulfide) groups is 1. The molecule has 0 nitrogen and oxygen atoms in total. The summed E-state index contributed by atoms with van der Waals surface area (Å²) in [5, 5.41) is 0.896. The molecule has 1 aliphatic rings. The Kier molecular flexibility index (Phi) is 4.78. The minimum atomic E-state index is 0.896. The van der Waals surface area contributed by atoms with Gasteiger partial charge in [0, 0.05) is 15.5 Å². The summed E-state index contributed by atoms with van der Waals surface area (Å²) in [6.45, 7) is 2.40. The van der Waals surface area contributed by atoms with E-state index in [4.69, 9.17) is 0 Å². The lowest BCUT2D eigenvalue weighted by Gasteiger charge is -2.26. The molecule has 1 fully saturated rings. The summed E-state index contributed by atoms with van der Waals surface area (Å²) in [6.07, 6.45) is 5.71. The van der Waals surface area contributed by atoms with E-state index in [1.165, 1.54) is 41.5 Å². The van der Waals surface area contributed by atoms with Gasteiger partial charge in [-0.05, 0) is 36.5 Å². The molecule has 0 amide bonds. The third kappa shape index (κ3) is 3.81. The first-order valence-corrected chi connectivity index (χ1v) is 7.94. The average molecular weight is 299 g/mol. The largest absolute Gasteiger partial charge is 0.154 e. The molecular formula is C14H19BrS. The van der Waals surface area contributed by atoms with Crippen molar-refractivity contribution in [2.45, 2.75) is 43.6 Å². The van der Waals surface area contributed by atoms with E-state index in [1.54, 1.807) is 0 Å². The first-order valence-electron chi connectivity index (χ1n) is 6.10. The average Bonchev–Trinajstić information content (AvgIpc) is 2.28. The lowest BCUT2D eigenvalue weighted by molar-refractivity contribution is 0.394. The van der Waals surface area contributed by atoms with Gasteiger partial charge in [-0.3, -0.25) is 0 Å². The first-order chi connectivity index (χ1) is 7.74. The van der Waals surface area contributed by atoms with Gasteiger partial charge in [-0.15, -0.1) is 0 Å². The van der Waals surface area contributed by atoms with Crippen LogP contribution in [-0.2, 0) is 5.75 Å². The molecule has 88 valence electrons. The van der Waals surface area contributed by atoms with Crippen LogP contribution in [0.1, 0.15) is 38.2 Å². The fraction of sp³-hybridized carbons (Fsp3) is 0.571. The van der Waals surface area contributed by atoms with E-state index < -0.39 is 0 Å². The molecule has 2 atom stereocenters. The summed E-state index contributed by atoms with van der Waals surface area (Å²) in [5.41, 5.74) is 1.45. The van der Waals surface area contributed by atoms with Crippen molar-refractivity contribution in [3.8, 4) is 0 Å². The summed E-state index contributed by atoms with van der Waals surface area (Å²) in [5.74, 6) is 2.11. The molecule has 0 N–H and O–H groups in total. The highest BCUT2D eigenvalue weighted by atomic mass is 79.9. The van der Waals surface area contributed by atoms with E-state index in [0.29, 0.717) is 0 Å². The number of halogens is 1. The van der Waals surface area contributed by atoms with Gasteiger partial charge in [-0.2, -0.15) is 11.8 Å². The van der Waals surface area contributed by atoms with Crippen LogP contribution in [-0.4, -0.2) is 5.25 Å². The van der Waals surface area contributed by atoms with Gasteiger partial charge >= 0.3 is 0 Å². The number of rotatable bonds is 3. The van der Waals surface area contributed by atoms with Gasteiger partial charge in [0.25, 0.3) is 0 Å². The van der Waals surface area contributed by atoms with Crippen molar-refractivity contribution in [3.63, 3.8) is 0 Å². The van der Waals surface area contributed by atoms with Crippen LogP contribution in [0.15, 0.2) is 28.7 Å². The van der Waals surface area contributed by atoms with Gasteiger partial charge in [0.15, 0.2) is 0 Å². The molecule has 0 spiro atoms. The predicted molar refractivity (Wildman–Crippen MR) is 76.9 cm³/mol. The number of hydrogen-bond acceptors (Lipinski definition) is 1. The Morgan fingerprint density at radius 1 is 1.25 bits per heavy atom. The summed E-state index contributed by atoms with van der Waals surface area (Å²) in [6, 6.07) is 8.73. The lowest BCUT2D eigenvalue weighted by Crippen LogP contribution is -2.15. The zero-order chi connectivity index (χ0) is 11.4. The molecule has 0 radical (unpaired) electrons. The van der Waals surface area contributed by atoms with E-state index in [1.807, 2.05) is 0 Å². The SMILES string of the molecule is CC1CCCC(SCc2ccc(Br)cc2)C1. The molecule has 0 heterocycles. The molecule has 1 aliphatic carbocycles. The van der Waals surface area contributed by atoms with Crippen LogP contribution in [0, 0.1) is 5.92 Å². The minimum absolute atomic E-state index is 0.896. The van der Waals surface area contributed by atoms with E-state index in [-0.39, 0.29) is 0 Å². The van der Waals surface area contributed by atoms with Gasteiger partial charge < -0.3 is 0 Å². The Labute approximate surface area is 111 Å². The Morgan fingerprint density at radius 3 is 2.69 bits per heavy atom. The number of hydrogen-bond donors (Lipinski definition) is 0. The van der Waals surface area contributed by atoms with Crippen LogP contribution in [0.4, 0.5) is 0 Å². The normalized spacial score (nSPS) is 25.6. The summed E-state index contributed by atoms with van der Waals surface area (Å²) >= 11 is 5.62. The van der Waals surface area contributed by atoms with Gasteiger partial charge in [0.05, 0.1) is 0 Å². The minimum Gasteiger partial charge on any atom is -0.154 e. The van der Waals surface area contributed by atoms with Crippen LogP contribution < -0.4 is 0 Å². The molecule has 0 aliphatic heterocycles. The van der Waals surface area contributed by atoms with Crippen molar-refractivity contribution in [1.29, 1.82) is 0 Å². The maximum atomic E-state index is 3.47. The van der Waals surface area contributed by atoms with E-state index >= 15 is 0 Å². The van der Waals surface area contributed by atoms with Crippen LogP contribution in [0.3, 0.4) is 0 Å². The van der Waals surface area contributed by atoms with Crippen molar-refractivity contribution < 1.29 is 0 Å². The molecule has 2 rings (SSSR count). The van der Waals surface area contributed by atoms with Gasteiger partial charge in [-0.1, -0.05) is 47.8 Å². The zero-order valence-electron chi connectivity index (χ0n) is 9.79. The second kappa shape index (κ2) is 6.11. The summed E-state index contributed by atoms with van der Waals surface area (Å²) < 4.78 is 1.17. The van der Waals surface area contributed by atoms with Gasteiger partial charge in [0.2, 0.25) is 0 Å². The van der Waals surface area contributed by atoms with Crippen molar-refractivity contribution >= 4 is 27.7 Å². The molecule has 1 aromatic carbocycles. The van der Waals surface area contributed by atoms with Crippen LogP contribution >= 0.6 is 27.7 Å². The first kappa shape index (κ1) is 12.5. The highest BCUT2D eigenvalue weighted by molar-refractivity contribution is 9.10. The highest BCUT2D eigenvalue weighted by Gasteiger charge is 2.18. The zero-order valence-corrected chi connectivity index (χ0v) is 12.2. The molecule has 16 heavy (non-hydrogen) atoms. The molecular weight excluding hydrogens is 280 g/mol. The van der Waals surface area contributed by atoms with E-state index in [2.05, 4.69) is 58.9 Å². The fourth-order valence-corrected chi connectivity index (χ4v) is 4.01. The summed E-state index contributed by atoms with van der Waals surface area (Å²) in [4.78, 5) is 0. The summed E-state index contributed by atoms with van der Waals surface area (Å²) in [7, 11) is 0. The van der Waals surface area contributed by atoms with Crippen molar-refractivity contribution in [3.05, 3.63) is 34.3 Å². The third-order valence-electron chi connectivity index (χ3n) is 3.29. The van der Waals surface area contributed by atoms with Gasteiger partial charge in [-0.25, -0.2) is 0 Å². The van der Waals surface area contributed by atoms with Crippen LogP contribution in [0.5, 0.6) is 0 Å². The molecule has 1 saturated carbocycles. The molecule has 1 aromatic rings. The monoisotopic (exact) mass is 298 g/mol. The molecule has 2 unspecified atom stereocenters. The Bertz CT molecular complexity index is 320. The lowest BCUT2D eigenvalue weighted by atomic mass is 9.91. The molecule has 0 aromatic heterocycles. The molecule has 0 bridgehead atoms. The Balaban J connectivity index is 1.80. The second-order valence-corrected chi connectivity index (χ2v) is 7.04. The molecule has 0 saturated heterocycles. The van der Waals surface area contributed by atoms with Crippen molar-refractivity contribution in [2.24, 2.45) is 5.92 Å². The standard InChI is InChI=1S/C14H19BrS/c1-11-3-2-4-14(9-11)16-10-12-5-7-13(15)8-6-12/h5-8,11,14H,2-4,9-10H2,1H3. The third-order valence-corrected chi connectivity index (χ3v) is 5.22. The maximum absolute atomic E-state index is 3.47. The van der Waals surface area contributed by atoms with E-state index in [9.17, 15) is 0 Å². The number of benzene rings is 1. The van der Waals surface area contributed by atoms with Crippen LogP contribution in [0.25, 0.3) is 0 Å². The second-order valence-electron chi connectivity index (χ2n) is 4.83. The topological polar surface area (TPSA) is 0 Å². The fourth-order valence-electron chi connectivity index (χ4n) is 2.32. The van der Waals surface area contributed by atoms with Crippen LogP contribution in [0.2, 0.25) is 0 Å². The Hall–Kier alpha value is 0.0500. The van der Waals surface area contributed by atoms with E-state index in [0.717, 1.165) is 11.2 Å². The highest BCUT2D eigenvalue weighted by Crippen LogP contribution is 2.33. The smallest absolute Gasteiger partial charge is 0.0187 e.